The van der Waals surface area contributed by atoms with E-state index < -0.39 is 17.2 Å². The highest BCUT2D eigenvalue weighted by atomic mass is 16.6. The van der Waals surface area contributed by atoms with Gasteiger partial charge >= 0.3 is 6.09 Å². The molecule has 0 saturated carbocycles. The molecule has 0 aliphatic carbocycles. The first-order valence-electron chi connectivity index (χ1n) is 7.90. The molecule has 0 aliphatic rings. The molecule has 1 rings (SSSR count). The number of benzene rings is 1. The molecule has 0 unspecified atom stereocenters. The molecule has 1 aromatic rings. The van der Waals surface area contributed by atoms with Gasteiger partial charge in [0.15, 0.2) is 0 Å². The number of methoxy groups -OCH3 is 1. The van der Waals surface area contributed by atoms with Crippen molar-refractivity contribution in [1.82, 2.24) is 10.6 Å². The van der Waals surface area contributed by atoms with Gasteiger partial charge in [0, 0.05) is 20.2 Å². The summed E-state index contributed by atoms with van der Waals surface area (Å²) < 4.78 is 10.5. The van der Waals surface area contributed by atoms with E-state index in [-0.39, 0.29) is 0 Å². The van der Waals surface area contributed by atoms with Crippen LogP contribution in [0.3, 0.4) is 0 Å². The van der Waals surface area contributed by atoms with E-state index in [0.29, 0.717) is 13.2 Å². The zero-order valence-corrected chi connectivity index (χ0v) is 15.2. The lowest BCUT2D eigenvalue weighted by molar-refractivity contribution is 0.0472. The van der Waals surface area contributed by atoms with Crippen LogP contribution in [0.25, 0.3) is 0 Å². The minimum Gasteiger partial charge on any atom is -0.444 e. The maximum absolute atomic E-state index is 11.9. The van der Waals surface area contributed by atoms with Gasteiger partial charge in [-0.15, -0.1) is 0 Å². The molecule has 2 N–H and O–H groups in total. The Balaban J connectivity index is 2.49. The van der Waals surface area contributed by atoms with Gasteiger partial charge in [-0.05, 0) is 45.7 Å². The number of carbonyl (C=O) groups is 1. The molecule has 1 aromatic carbocycles. The summed E-state index contributed by atoms with van der Waals surface area (Å²) in [5.74, 6) is 0. The summed E-state index contributed by atoms with van der Waals surface area (Å²) >= 11 is 0. The summed E-state index contributed by atoms with van der Waals surface area (Å²) in [6.45, 7) is 11.4. The third-order valence-electron chi connectivity index (χ3n) is 3.14. The monoisotopic (exact) mass is 322 g/mol. The van der Waals surface area contributed by atoms with Crippen LogP contribution in [0.4, 0.5) is 4.79 Å². The van der Waals surface area contributed by atoms with Gasteiger partial charge in [0.05, 0.1) is 12.1 Å². The molecule has 0 heterocycles. The van der Waals surface area contributed by atoms with Gasteiger partial charge in [-0.1, -0.05) is 24.3 Å². The number of rotatable bonds is 7. The maximum atomic E-state index is 11.9. The Morgan fingerprint density at radius 2 is 1.70 bits per heavy atom. The lowest BCUT2D eigenvalue weighted by atomic mass is 10.0. The standard InChI is InChI=1S/C18H30N2O3/c1-17(2,3)23-16(21)20-18(4,5)13-19-11-14-9-7-8-10-15(14)12-22-6/h7-10,19H,11-13H2,1-6H3,(H,20,21). The number of nitrogens with one attached hydrogen (secondary N) is 2. The molecule has 1 amide bonds. The minimum atomic E-state index is -0.493. The number of alkyl carbamates (subject to hydrolysis) is 1. The second-order valence-corrected chi connectivity index (χ2v) is 7.32. The zero-order valence-electron chi connectivity index (χ0n) is 15.2. The molecule has 5 heteroatoms. The predicted molar refractivity (Wildman–Crippen MR) is 92.3 cm³/mol. The van der Waals surface area contributed by atoms with E-state index >= 15 is 0 Å². The first-order valence-corrected chi connectivity index (χ1v) is 7.90. The van der Waals surface area contributed by atoms with Crippen LogP contribution in [0.5, 0.6) is 0 Å². The molecule has 0 saturated heterocycles. The fourth-order valence-corrected chi connectivity index (χ4v) is 2.16. The number of ether oxygens (including phenoxy) is 2. The second-order valence-electron chi connectivity index (χ2n) is 7.32. The smallest absolute Gasteiger partial charge is 0.408 e. The zero-order chi connectivity index (χ0) is 17.5. The molecule has 23 heavy (non-hydrogen) atoms. The largest absolute Gasteiger partial charge is 0.444 e. The first kappa shape index (κ1) is 19.5. The first-order chi connectivity index (χ1) is 10.6. The molecule has 0 spiro atoms. The van der Waals surface area contributed by atoms with E-state index in [1.54, 1.807) is 7.11 Å². The SMILES string of the molecule is COCc1ccccc1CNCC(C)(C)NC(=O)OC(C)(C)C. The molecule has 130 valence electrons. The molecule has 0 atom stereocenters. The van der Waals surface area contributed by atoms with Crippen molar-refractivity contribution in [3.05, 3.63) is 35.4 Å². The Morgan fingerprint density at radius 3 is 2.26 bits per heavy atom. The van der Waals surface area contributed by atoms with Crippen LogP contribution in [0.1, 0.15) is 45.7 Å². The number of carbonyl (C=O) groups excluding carboxylic acids is 1. The Morgan fingerprint density at radius 1 is 1.09 bits per heavy atom. The molecule has 0 radical (unpaired) electrons. The molecule has 5 nitrogen and oxygen atoms in total. The van der Waals surface area contributed by atoms with Crippen molar-refractivity contribution >= 4 is 6.09 Å². The summed E-state index contributed by atoms with van der Waals surface area (Å²) in [7, 11) is 1.69. The average Bonchev–Trinajstić information content (AvgIpc) is 2.37. The molecule has 0 fully saturated rings. The lowest BCUT2D eigenvalue weighted by Gasteiger charge is -2.29. The number of hydrogen-bond acceptors (Lipinski definition) is 4. The highest BCUT2D eigenvalue weighted by Gasteiger charge is 2.24. The van der Waals surface area contributed by atoms with E-state index in [1.165, 1.54) is 11.1 Å². The summed E-state index contributed by atoms with van der Waals surface area (Å²) in [6.07, 6.45) is -0.399. The topological polar surface area (TPSA) is 59.6 Å². The van der Waals surface area contributed by atoms with Crippen LogP contribution in [0.2, 0.25) is 0 Å². The van der Waals surface area contributed by atoms with E-state index in [9.17, 15) is 4.79 Å². The van der Waals surface area contributed by atoms with Gasteiger partial charge in [0.2, 0.25) is 0 Å². The van der Waals surface area contributed by atoms with Gasteiger partial charge < -0.3 is 20.1 Å². The predicted octanol–water partition coefficient (Wildman–Crippen LogP) is 3.23. The molecule has 0 aliphatic heterocycles. The van der Waals surface area contributed by atoms with Crippen molar-refractivity contribution < 1.29 is 14.3 Å². The van der Waals surface area contributed by atoms with Crippen LogP contribution in [0, 0.1) is 0 Å². The normalized spacial score (nSPS) is 12.1. The van der Waals surface area contributed by atoms with Gasteiger partial charge in [-0.2, -0.15) is 0 Å². The van der Waals surface area contributed by atoms with Gasteiger partial charge in [0.1, 0.15) is 5.60 Å². The molecular formula is C18H30N2O3. The van der Waals surface area contributed by atoms with Crippen molar-refractivity contribution in [3.8, 4) is 0 Å². The van der Waals surface area contributed by atoms with Crippen LogP contribution < -0.4 is 10.6 Å². The Bertz CT molecular complexity index is 507. The molecule has 0 aromatic heterocycles. The van der Waals surface area contributed by atoms with Gasteiger partial charge in [-0.25, -0.2) is 4.79 Å². The second kappa shape index (κ2) is 8.31. The van der Waals surface area contributed by atoms with Gasteiger partial charge in [0.25, 0.3) is 0 Å². The summed E-state index contributed by atoms with van der Waals surface area (Å²) in [5, 5.41) is 6.27. The van der Waals surface area contributed by atoms with Crippen molar-refractivity contribution in [2.45, 2.75) is 58.9 Å². The van der Waals surface area contributed by atoms with Crippen LogP contribution in [-0.2, 0) is 22.6 Å². The Kier molecular flexibility index (Phi) is 7.03. The van der Waals surface area contributed by atoms with Crippen molar-refractivity contribution in [2.75, 3.05) is 13.7 Å². The van der Waals surface area contributed by atoms with E-state index in [0.717, 1.165) is 6.54 Å². The average molecular weight is 322 g/mol. The fraction of sp³-hybridized carbons (Fsp3) is 0.611. The van der Waals surface area contributed by atoms with E-state index in [2.05, 4.69) is 22.8 Å². The number of amides is 1. The minimum absolute atomic E-state index is 0.399. The van der Waals surface area contributed by atoms with Crippen LogP contribution in [-0.4, -0.2) is 30.9 Å². The summed E-state index contributed by atoms with van der Waals surface area (Å²) in [6, 6.07) is 8.16. The third-order valence-corrected chi connectivity index (χ3v) is 3.14. The Labute approximate surface area is 139 Å². The number of hydrogen-bond donors (Lipinski definition) is 2. The van der Waals surface area contributed by atoms with E-state index in [4.69, 9.17) is 9.47 Å². The van der Waals surface area contributed by atoms with Gasteiger partial charge in [-0.3, -0.25) is 0 Å². The van der Waals surface area contributed by atoms with Crippen LogP contribution >= 0.6 is 0 Å². The van der Waals surface area contributed by atoms with Crippen molar-refractivity contribution in [1.29, 1.82) is 0 Å². The van der Waals surface area contributed by atoms with Crippen molar-refractivity contribution in [2.24, 2.45) is 0 Å². The van der Waals surface area contributed by atoms with Crippen LogP contribution in [0.15, 0.2) is 24.3 Å². The highest BCUT2D eigenvalue weighted by Crippen LogP contribution is 2.11. The van der Waals surface area contributed by atoms with E-state index in [1.807, 2.05) is 46.8 Å². The quantitative estimate of drug-likeness (QED) is 0.809. The highest BCUT2D eigenvalue weighted by molar-refractivity contribution is 5.68. The maximum Gasteiger partial charge on any atom is 0.408 e. The molecule has 0 bridgehead atoms. The molecular weight excluding hydrogens is 292 g/mol. The Hall–Kier alpha value is -1.59. The third kappa shape index (κ3) is 8.00. The summed E-state index contributed by atoms with van der Waals surface area (Å²) in [4.78, 5) is 11.9. The fourth-order valence-electron chi connectivity index (χ4n) is 2.16. The lowest BCUT2D eigenvalue weighted by Crippen LogP contribution is -2.51. The summed E-state index contributed by atoms with van der Waals surface area (Å²) in [5.41, 5.74) is 1.47. The van der Waals surface area contributed by atoms with Crippen molar-refractivity contribution in [3.63, 3.8) is 0 Å².